The minimum Gasteiger partial charge on any atom is -0.361 e. The number of H-pyrrole nitrogens is 1. The number of guanidine groups is 1. The number of fused-ring (bicyclic) bond motifs is 1. The van der Waals surface area contributed by atoms with Crippen molar-refractivity contribution in [2.75, 3.05) is 20.1 Å². The summed E-state index contributed by atoms with van der Waals surface area (Å²) in [6.07, 6.45) is 4.30. The molecule has 2 aromatic carbocycles. The summed E-state index contributed by atoms with van der Waals surface area (Å²) in [7, 11) is 1.74. The van der Waals surface area contributed by atoms with Gasteiger partial charge in [0.25, 0.3) is 0 Å². The van der Waals surface area contributed by atoms with E-state index in [0.717, 1.165) is 47.0 Å². The second-order valence-electron chi connectivity index (χ2n) is 7.85. The Morgan fingerprint density at radius 1 is 1.19 bits per heavy atom. The third-order valence-corrected chi connectivity index (χ3v) is 5.64. The number of carbonyl (C=O) groups is 1. The van der Waals surface area contributed by atoms with Crippen molar-refractivity contribution in [2.45, 2.75) is 32.4 Å². The molecule has 3 N–H and O–H groups in total. The molecule has 0 aliphatic carbocycles. The first-order valence-electron chi connectivity index (χ1n) is 10.7. The highest BCUT2D eigenvalue weighted by atomic mass is 19.1. The molecule has 0 bridgehead atoms. The van der Waals surface area contributed by atoms with Crippen LogP contribution in [0.5, 0.6) is 0 Å². The maximum atomic E-state index is 13.5. The van der Waals surface area contributed by atoms with Gasteiger partial charge in [-0.25, -0.2) is 4.39 Å². The van der Waals surface area contributed by atoms with Crippen LogP contribution in [0.15, 0.2) is 53.7 Å². The van der Waals surface area contributed by atoms with Crippen molar-refractivity contribution in [3.8, 4) is 0 Å². The molecule has 0 unspecified atom stereocenters. The first-order chi connectivity index (χ1) is 15.1. The molecule has 1 amide bonds. The predicted molar refractivity (Wildman–Crippen MR) is 121 cm³/mol. The van der Waals surface area contributed by atoms with Crippen molar-refractivity contribution in [1.82, 2.24) is 20.5 Å². The lowest BCUT2D eigenvalue weighted by Crippen LogP contribution is -2.37. The Balaban J connectivity index is 1.28. The molecule has 6 nitrogen and oxygen atoms in total. The normalized spacial score (nSPS) is 14.5. The minimum atomic E-state index is -0.227. The van der Waals surface area contributed by atoms with Gasteiger partial charge in [-0.3, -0.25) is 9.79 Å². The van der Waals surface area contributed by atoms with Crippen molar-refractivity contribution < 1.29 is 9.18 Å². The maximum Gasteiger partial charge on any atom is 0.222 e. The van der Waals surface area contributed by atoms with Gasteiger partial charge in [-0.1, -0.05) is 24.3 Å². The number of carbonyl (C=O) groups excluding carboxylic acids is 1. The van der Waals surface area contributed by atoms with E-state index in [1.54, 1.807) is 19.2 Å². The Morgan fingerprint density at radius 3 is 2.87 bits per heavy atom. The number of hydrogen-bond donors (Lipinski definition) is 3. The van der Waals surface area contributed by atoms with Gasteiger partial charge in [0.1, 0.15) is 5.82 Å². The lowest BCUT2D eigenvalue weighted by atomic mass is 10.1. The third kappa shape index (κ3) is 5.23. The lowest BCUT2D eigenvalue weighted by molar-refractivity contribution is -0.128. The molecule has 1 fully saturated rings. The second kappa shape index (κ2) is 9.64. The molecule has 0 radical (unpaired) electrons. The molecular formula is C24H28FN5O. The van der Waals surface area contributed by atoms with Gasteiger partial charge < -0.3 is 20.5 Å². The van der Waals surface area contributed by atoms with Crippen LogP contribution in [0.1, 0.15) is 29.5 Å². The number of hydrogen-bond acceptors (Lipinski definition) is 2. The SMILES string of the molecule is CN=C(NCCc1c[nH]c2ccc(F)cc12)NCc1cccc(CN2CCCC2=O)c1. The summed E-state index contributed by atoms with van der Waals surface area (Å²) in [5.74, 6) is 0.729. The van der Waals surface area contributed by atoms with Gasteiger partial charge in [-0.15, -0.1) is 0 Å². The van der Waals surface area contributed by atoms with Gasteiger partial charge in [0, 0.05) is 56.7 Å². The molecule has 4 rings (SSSR count). The zero-order chi connectivity index (χ0) is 21.6. The van der Waals surface area contributed by atoms with Crippen molar-refractivity contribution in [3.05, 3.63) is 71.2 Å². The van der Waals surface area contributed by atoms with E-state index in [0.29, 0.717) is 32.0 Å². The van der Waals surface area contributed by atoms with Crippen LogP contribution in [0.2, 0.25) is 0 Å². The summed E-state index contributed by atoms with van der Waals surface area (Å²) in [5, 5.41) is 7.56. The highest BCUT2D eigenvalue weighted by molar-refractivity contribution is 5.83. The molecule has 1 aliphatic heterocycles. The topological polar surface area (TPSA) is 72.5 Å². The van der Waals surface area contributed by atoms with Crippen LogP contribution >= 0.6 is 0 Å². The number of rotatable bonds is 7. The van der Waals surface area contributed by atoms with Gasteiger partial charge in [0.05, 0.1) is 0 Å². The molecule has 7 heteroatoms. The largest absolute Gasteiger partial charge is 0.361 e. The first-order valence-corrected chi connectivity index (χ1v) is 10.7. The first kappa shape index (κ1) is 20.9. The number of nitrogens with zero attached hydrogens (tertiary/aromatic N) is 2. The number of aromatic nitrogens is 1. The number of aromatic amines is 1. The summed E-state index contributed by atoms with van der Waals surface area (Å²) in [4.78, 5) is 21.3. The lowest BCUT2D eigenvalue weighted by Gasteiger charge is -2.16. The van der Waals surface area contributed by atoms with Gasteiger partial charge in [0.2, 0.25) is 5.91 Å². The minimum absolute atomic E-state index is 0.227. The highest BCUT2D eigenvalue weighted by Crippen LogP contribution is 2.19. The fourth-order valence-electron chi connectivity index (χ4n) is 4.01. The van der Waals surface area contributed by atoms with Gasteiger partial charge >= 0.3 is 0 Å². The zero-order valence-corrected chi connectivity index (χ0v) is 17.7. The Hall–Kier alpha value is -3.35. The number of nitrogens with one attached hydrogen (secondary N) is 3. The summed E-state index contributed by atoms with van der Waals surface area (Å²) in [5.41, 5.74) is 4.29. The number of benzene rings is 2. The number of amides is 1. The van der Waals surface area contributed by atoms with Crippen molar-refractivity contribution in [2.24, 2.45) is 4.99 Å². The van der Waals surface area contributed by atoms with E-state index in [1.165, 1.54) is 6.07 Å². The van der Waals surface area contributed by atoms with Crippen molar-refractivity contribution in [3.63, 3.8) is 0 Å². The Bertz CT molecular complexity index is 1090. The average Bonchev–Trinajstić information content (AvgIpc) is 3.36. The number of halogens is 1. The van der Waals surface area contributed by atoms with E-state index in [1.807, 2.05) is 17.2 Å². The fourth-order valence-corrected chi connectivity index (χ4v) is 4.01. The monoisotopic (exact) mass is 421 g/mol. The van der Waals surface area contributed by atoms with E-state index in [9.17, 15) is 9.18 Å². The third-order valence-electron chi connectivity index (χ3n) is 5.64. The summed E-state index contributed by atoms with van der Waals surface area (Å²) >= 11 is 0. The Labute approximate surface area is 181 Å². The molecule has 2 heterocycles. The summed E-state index contributed by atoms with van der Waals surface area (Å²) < 4.78 is 13.5. The van der Waals surface area contributed by atoms with E-state index < -0.39 is 0 Å². The molecule has 1 aliphatic rings. The maximum absolute atomic E-state index is 13.5. The molecule has 1 aromatic heterocycles. The van der Waals surface area contributed by atoms with Gasteiger partial charge in [-0.05, 0) is 47.7 Å². The van der Waals surface area contributed by atoms with E-state index in [4.69, 9.17) is 0 Å². The molecule has 31 heavy (non-hydrogen) atoms. The smallest absolute Gasteiger partial charge is 0.222 e. The van der Waals surface area contributed by atoms with Crippen LogP contribution in [0.3, 0.4) is 0 Å². The second-order valence-corrected chi connectivity index (χ2v) is 7.85. The Morgan fingerprint density at radius 2 is 2.06 bits per heavy atom. The van der Waals surface area contributed by atoms with Crippen LogP contribution in [0.4, 0.5) is 4.39 Å². The molecule has 162 valence electrons. The van der Waals surface area contributed by atoms with Crippen LogP contribution in [-0.2, 0) is 24.3 Å². The fraction of sp³-hybridized carbons (Fsp3) is 0.333. The van der Waals surface area contributed by atoms with Crippen LogP contribution < -0.4 is 10.6 Å². The van der Waals surface area contributed by atoms with E-state index in [-0.39, 0.29) is 11.7 Å². The standard InChI is InChI=1S/C24H28FN5O/c1-26-24(27-10-9-19-15-28-22-8-7-20(25)13-21(19)22)29-14-17-4-2-5-18(12-17)16-30-11-3-6-23(30)31/h2,4-5,7-8,12-13,15,28H,3,6,9-11,14,16H2,1H3,(H2,26,27,29). The number of aliphatic imine (C=N–C) groups is 1. The summed E-state index contributed by atoms with van der Waals surface area (Å²) in [6, 6.07) is 13.1. The van der Waals surface area contributed by atoms with Gasteiger partial charge in [0.15, 0.2) is 5.96 Å². The van der Waals surface area contributed by atoms with Crippen molar-refractivity contribution >= 4 is 22.8 Å². The molecule has 0 saturated carbocycles. The molecule has 3 aromatic rings. The van der Waals surface area contributed by atoms with Crippen LogP contribution in [0.25, 0.3) is 10.9 Å². The summed E-state index contributed by atoms with van der Waals surface area (Å²) in [6.45, 7) is 2.84. The zero-order valence-electron chi connectivity index (χ0n) is 17.7. The average molecular weight is 422 g/mol. The molecule has 0 spiro atoms. The number of likely N-dealkylation sites (tertiary alicyclic amines) is 1. The predicted octanol–water partition coefficient (Wildman–Crippen LogP) is 3.34. The van der Waals surface area contributed by atoms with Crippen LogP contribution in [0, 0.1) is 5.82 Å². The van der Waals surface area contributed by atoms with E-state index in [2.05, 4.69) is 38.8 Å². The quantitative estimate of drug-likeness (QED) is 0.405. The highest BCUT2D eigenvalue weighted by Gasteiger charge is 2.19. The van der Waals surface area contributed by atoms with Crippen LogP contribution in [-0.4, -0.2) is 41.9 Å². The van der Waals surface area contributed by atoms with Crippen molar-refractivity contribution in [1.29, 1.82) is 0 Å². The van der Waals surface area contributed by atoms with Gasteiger partial charge in [-0.2, -0.15) is 0 Å². The molecular weight excluding hydrogens is 393 g/mol. The van der Waals surface area contributed by atoms with E-state index >= 15 is 0 Å². The Kier molecular flexibility index (Phi) is 6.50. The molecule has 1 saturated heterocycles. The molecule has 0 atom stereocenters.